The van der Waals surface area contributed by atoms with E-state index >= 15 is 0 Å². The number of esters is 1. The van der Waals surface area contributed by atoms with Crippen molar-refractivity contribution in [3.8, 4) is 5.95 Å². The molecule has 0 unspecified atom stereocenters. The molecule has 0 radical (unpaired) electrons. The van der Waals surface area contributed by atoms with E-state index in [0.717, 1.165) is 41.1 Å². The number of nitrogens with one attached hydrogen (secondary N) is 1. The average molecular weight is 498 g/mol. The second kappa shape index (κ2) is 9.77. The van der Waals surface area contributed by atoms with Crippen molar-refractivity contribution in [2.24, 2.45) is 0 Å². The van der Waals surface area contributed by atoms with Crippen LogP contribution >= 0.6 is 11.3 Å². The van der Waals surface area contributed by atoms with Crippen molar-refractivity contribution >= 4 is 28.2 Å². The molecule has 3 aromatic rings. The van der Waals surface area contributed by atoms with Crippen LogP contribution in [-0.2, 0) is 28.8 Å². The van der Waals surface area contributed by atoms with Gasteiger partial charge in [-0.25, -0.2) is 14.5 Å². The summed E-state index contributed by atoms with van der Waals surface area (Å²) in [7, 11) is 0. The lowest BCUT2D eigenvalue weighted by Gasteiger charge is -2.21. The largest absolute Gasteiger partial charge is 0.462 e. The molecule has 0 bridgehead atoms. The Morgan fingerprint density at radius 2 is 1.97 bits per heavy atom. The zero-order chi connectivity index (χ0) is 25.4. The molecule has 10 heteroatoms. The molecule has 1 aliphatic carbocycles. The molecule has 1 aliphatic rings. The number of aryl methyl sites for hydroxylation is 4. The maximum absolute atomic E-state index is 13.5. The fourth-order valence-electron chi connectivity index (χ4n) is 4.64. The maximum atomic E-state index is 13.5. The molecule has 3 heterocycles. The third kappa shape index (κ3) is 4.42. The van der Waals surface area contributed by atoms with Crippen LogP contribution in [0.3, 0.4) is 0 Å². The molecule has 0 spiro atoms. The first kappa shape index (κ1) is 24.8. The summed E-state index contributed by atoms with van der Waals surface area (Å²) in [6.45, 7) is 11.1. The second-order valence-electron chi connectivity index (χ2n) is 8.79. The normalized spacial score (nSPS) is 13.5. The molecule has 1 N–H and O–H groups in total. The number of thiophene rings is 1. The van der Waals surface area contributed by atoms with Crippen molar-refractivity contribution < 1.29 is 14.3 Å². The number of rotatable bonds is 7. The Labute approximate surface area is 208 Å². The van der Waals surface area contributed by atoms with Crippen molar-refractivity contribution in [3.63, 3.8) is 0 Å². The highest BCUT2D eigenvalue weighted by Gasteiger charge is 2.31. The van der Waals surface area contributed by atoms with E-state index in [0.29, 0.717) is 28.2 Å². The topological polar surface area (TPSA) is 108 Å². The summed E-state index contributed by atoms with van der Waals surface area (Å²) in [4.78, 5) is 45.5. The van der Waals surface area contributed by atoms with Gasteiger partial charge >= 0.3 is 5.97 Å². The lowest BCUT2D eigenvalue weighted by Crippen LogP contribution is -2.37. The first-order valence-electron chi connectivity index (χ1n) is 12.0. The van der Waals surface area contributed by atoms with E-state index in [1.807, 2.05) is 26.8 Å². The number of carbonyl (C=O) groups excluding carboxylic acids is 2. The molecule has 9 nitrogen and oxygen atoms in total. The first-order chi connectivity index (χ1) is 16.7. The van der Waals surface area contributed by atoms with Crippen LogP contribution in [0.1, 0.15) is 76.7 Å². The number of hydrogen-bond donors (Lipinski definition) is 1. The monoisotopic (exact) mass is 497 g/mol. The summed E-state index contributed by atoms with van der Waals surface area (Å²) < 4.78 is 8.26. The van der Waals surface area contributed by atoms with Crippen LogP contribution in [0.5, 0.6) is 0 Å². The lowest BCUT2D eigenvalue weighted by molar-refractivity contribution is -0.118. The summed E-state index contributed by atoms with van der Waals surface area (Å²) in [6.07, 6.45) is 3.14. The van der Waals surface area contributed by atoms with Crippen LogP contribution < -0.4 is 10.9 Å². The number of aromatic nitrogens is 4. The quantitative estimate of drug-likeness (QED) is 0.497. The number of carbonyl (C=O) groups is 2. The van der Waals surface area contributed by atoms with Crippen LogP contribution in [0.25, 0.3) is 5.95 Å². The summed E-state index contributed by atoms with van der Waals surface area (Å²) in [6, 6.07) is 0.995. The van der Waals surface area contributed by atoms with Gasteiger partial charge in [-0.1, -0.05) is 6.92 Å². The summed E-state index contributed by atoms with van der Waals surface area (Å²) in [5.41, 5.74) is 3.88. The summed E-state index contributed by atoms with van der Waals surface area (Å²) in [5.74, 6) is -0.550. The van der Waals surface area contributed by atoms with Gasteiger partial charge in [-0.3, -0.25) is 14.2 Å². The summed E-state index contributed by atoms with van der Waals surface area (Å²) >= 11 is 1.41. The smallest absolute Gasteiger partial charge is 0.341 e. The van der Waals surface area contributed by atoms with Gasteiger partial charge in [0.25, 0.3) is 5.56 Å². The molecule has 186 valence electrons. The molecule has 0 aromatic carbocycles. The van der Waals surface area contributed by atoms with E-state index in [-0.39, 0.29) is 18.1 Å². The minimum absolute atomic E-state index is 0.253. The number of hydrogen-bond acceptors (Lipinski definition) is 7. The van der Waals surface area contributed by atoms with Crippen LogP contribution in [0.15, 0.2) is 10.9 Å². The minimum Gasteiger partial charge on any atom is -0.462 e. The number of anilines is 1. The Balaban J connectivity index is 1.77. The Morgan fingerprint density at radius 3 is 2.60 bits per heavy atom. The molecule has 1 atom stereocenters. The molecule has 3 aromatic heterocycles. The number of nitrogens with zero attached hydrogens (tertiary/aromatic N) is 4. The van der Waals surface area contributed by atoms with Crippen molar-refractivity contribution in [3.05, 3.63) is 55.1 Å². The van der Waals surface area contributed by atoms with Gasteiger partial charge in [0.1, 0.15) is 11.0 Å². The van der Waals surface area contributed by atoms with Gasteiger partial charge in [0.15, 0.2) is 0 Å². The Kier molecular flexibility index (Phi) is 6.93. The van der Waals surface area contributed by atoms with Gasteiger partial charge in [0.05, 0.1) is 23.6 Å². The molecular weight excluding hydrogens is 466 g/mol. The standard InChI is InChI=1S/C25H31N5O4S/c1-7-17-15(5)26-25(30-14(4)12-13(3)28-30)29(23(17)32)16(6)21(31)27-22-20(24(33)34-8-2)18-10-9-11-19(18)35-22/h12,16H,7-11H2,1-6H3,(H,27,31)/t16-/m0/s1. The third-order valence-corrected chi connectivity index (χ3v) is 7.56. The average Bonchev–Trinajstić information content (AvgIpc) is 3.47. The van der Waals surface area contributed by atoms with Crippen LogP contribution in [0.4, 0.5) is 5.00 Å². The van der Waals surface area contributed by atoms with Gasteiger partial charge in [0.2, 0.25) is 11.9 Å². The van der Waals surface area contributed by atoms with Gasteiger partial charge in [0, 0.05) is 16.1 Å². The highest BCUT2D eigenvalue weighted by molar-refractivity contribution is 7.17. The van der Waals surface area contributed by atoms with Gasteiger partial charge in [-0.05, 0) is 71.9 Å². The Hall–Kier alpha value is -3.27. The zero-order valence-electron chi connectivity index (χ0n) is 21.0. The van der Waals surface area contributed by atoms with Crippen LogP contribution in [-0.4, -0.2) is 37.8 Å². The molecule has 0 aliphatic heterocycles. The zero-order valence-corrected chi connectivity index (χ0v) is 21.8. The van der Waals surface area contributed by atoms with Crippen molar-refractivity contribution in [1.82, 2.24) is 19.3 Å². The number of ether oxygens (including phenoxy) is 1. The van der Waals surface area contributed by atoms with Crippen LogP contribution in [0, 0.1) is 20.8 Å². The predicted molar refractivity (Wildman–Crippen MR) is 135 cm³/mol. The van der Waals surface area contributed by atoms with Gasteiger partial charge < -0.3 is 10.1 Å². The maximum Gasteiger partial charge on any atom is 0.341 e. The SMILES string of the molecule is CCOC(=O)c1c(NC(=O)[C@H](C)n2c(-n3nc(C)cc3C)nc(C)c(CC)c2=O)sc2c1CCC2. The van der Waals surface area contributed by atoms with E-state index < -0.39 is 17.9 Å². The Morgan fingerprint density at radius 1 is 1.23 bits per heavy atom. The van der Waals surface area contributed by atoms with E-state index in [9.17, 15) is 14.4 Å². The third-order valence-electron chi connectivity index (χ3n) is 6.35. The highest BCUT2D eigenvalue weighted by Crippen LogP contribution is 2.39. The van der Waals surface area contributed by atoms with Gasteiger partial charge in [-0.15, -0.1) is 11.3 Å². The van der Waals surface area contributed by atoms with E-state index in [2.05, 4.69) is 15.4 Å². The second-order valence-corrected chi connectivity index (χ2v) is 9.90. The summed E-state index contributed by atoms with van der Waals surface area (Å²) in [5, 5.41) is 7.89. The lowest BCUT2D eigenvalue weighted by atomic mass is 10.1. The molecule has 0 saturated carbocycles. The predicted octanol–water partition coefficient (Wildman–Crippen LogP) is 3.84. The number of fused-ring (bicyclic) bond motifs is 1. The van der Waals surface area contributed by atoms with E-state index in [1.165, 1.54) is 15.9 Å². The molecule has 0 fully saturated rings. The fraction of sp³-hybridized carbons (Fsp3) is 0.480. The molecular formula is C25H31N5O4S. The molecule has 0 saturated heterocycles. The van der Waals surface area contributed by atoms with Crippen LogP contribution in [0.2, 0.25) is 0 Å². The minimum atomic E-state index is -0.896. The van der Waals surface area contributed by atoms with Gasteiger partial charge in [-0.2, -0.15) is 5.10 Å². The van der Waals surface area contributed by atoms with E-state index in [1.54, 1.807) is 25.5 Å². The molecule has 4 rings (SSSR count). The van der Waals surface area contributed by atoms with Crippen molar-refractivity contribution in [1.29, 1.82) is 0 Å². The molecule has 35 heavy (non-hydrogen) atoms. The first-order valence-corrected chi connectivity index (χ1v) is 12.8. The molecule has 1 amide bonds. The van der Waals surface area contributed by atoms with E-state index in [4.69, 9.17) is 4.74 Å². The van der Waals surface area contributed by atoms with Crippen molar-refractivity contribution in [2.45, 2.75) is 73.3 Å². The van der Waals surface area contributed by atoms with Crippen molar-refractivity contribution in [2.75, 3.05) is 11.9 Å². The number of amides is 1. The highest BCUT2D eigenvalue weighted by atomic mass is 32.1. The fourth-order valence-corrected chi connectivity index (χ4v) is 5.92. The Bertz CT molecular complexity index is 1370.